The molecule has 25 heavy (non-hydrogen) atoms. The first-order chi connectivity index (χ1) is 12.1. The minimum atomic E-state index is -0.915. The minimum Gasteiger partial charge on any atom is -0.493 e. The molecule has 0 aromatic heterocycles. The van der Waals surface area contributed by atoms with Gasteiger partial charge in [0, 0.05) is 0 Å². The van der Waals surface area contributed by atoms with Crippen molar-refractivity contribution < 1.29 is 14.6 Å². The van der Waals surface area contributed by atoms with Gasteiger partial charge in [0.15, 0.2) is 0 Å². The van der Waals surface area contributed by atoms with Crippen molar-refractivity contribution >= 4 is 5.97 Å². The summed E-state index contributed by atoms with van der Waals surface area (Å²) >= 11 is 0. The molecule has 0 radical (unpaired) electrons. The lowest BCUT2D eigenvalue weighted by Crippen LogP contribution is -2.06. The summed E-state index contributed by atoms with van der Waals surface area (Å²) in [4.78, 5) is 11.4. The van der Waals surface area contributed by atoms with E-state index in [1.54, 1.807) is 6.07 Å². The largest absolute Gasteiger partial charge is 0.493 e. The van der Waals surface area contributed by atoms with Crippen LogP contribution in [0.4, 0.5) is 0 Å². The van der Waals surface area contributed by atoms with E-state index in [0.717, 1.165) is 25.7 Å². The molecule has 0 aliphatic rings. The summed E-state index contributed by atoms with van der Waals surface area (Å²) in [7, 11) is 0. The molecule has 0 unspecified atom stereocenters. The quantitative estimate of drug-likeness (QED) is 0.376. The maximum atomic E-state index is 11.4. The van der Waals surface area contributed by atoms with Gasteiger partial charge in [0.1, 0.15) is 11.3 Å². The Kier molecular flexibility index (Phi) is 11.0. The zero-order chi connectivity index (χ0) is 18.5. The summed E-state index contributed by atoms with van der Waals surface area (Å²) in [5.74, 6) is 0.0789. The van der Waals surface area contributed by atoms with Gasteiger partial charge < -0.3 is 9.84 Å². The molecule has 3 nitrogen and oxygen atoms in total. The zero-order valence-corrected chi connectivity index (χ0v) is 16.4. The molecule has 0 amide bonds. The fourth-order valence-corrected chi connectivity index (χ4v) is 3.27. The molecule has 0 saturated heterocycles. The molecule has 0 aliphatic carbocycles. The van der Waals surface area contributed by atoms with Crippen molar-refractivity contribution in [3.8, 4) is 5.75 Å². The Hall–Kier alpha value is -1.51. The van der Waals surface area contributed by atoms with Gasteiger partial charge in [-0.2, -0.15) is 0 Å². The van der Waals surface area contributed by atoms with Crippen molar-refractivity contribution in [2.24, 2.45) is 0 Å². The van der Waals surface area contributed by atoms with E-state index < -0.39 is 5.97 Å². The molecule has 1 aromatic carbocycles. The Bertz CT molecular complexity index is 492. The first kappa shape index (κ1) is 21.5. The normalized spacial score (nSPS) is 11.0. The number of unbranched alkanes of at least 4 members (excludes halogenated alkanes) is 7. The number of ether oxygens (including phenoxy) is 1. The van der Waals surface area contributed by atoms with Gasteiger partial charge in [-0.25, -0.2) is 4.79 Å². The van der Waals surface area contributed by atoms with E-state index in [1.807, 2.05) is 12.1 Å². The van der Waals surface area contributed by atoms with Crippen LogP contribution in [0.3, 0.4) is 0 Å². The monoisotopic (exact) mass is 348 g/mol. The van der Waals surface area contributed by atoms with Gasteiger partial charge in [0.05, 0.1) is 6.61 Å². The van der Waals surface area contributed by atoms with Crippen LogP contribution in [-0.4, -0.2) is 17.7 Å². The predicted octanol–water partition coefficient (Wildman–Crippen LogP) is 6.81. The average molecular weight is 349 g/mol. The van der Waals surface area contributed by atoms with Gasteiger partial charge in [-0.05, 0) is 42.9 Å². The first-order valence-corrected chi connectivity index (χ1v) is 10.1. The zero-order valence-electron chi connectivity index (χ0n) is 16.4. The summed E-state index contributed by atoms with van der Waals surface area (Å²) in [5, 5.41) is 9.37. The standard InChI is InChI=1S/C22H36O3/c1-4-7-8-9-10-11-12-13-16-25-21-17-19(18(5-2)6-3)14-15-20(21)22(23)24/h14-15,17-18H,4-13,16H2,1-3H3,(H,23,24). The van der Waals surface area contributed by atoms with Crippen LogP contribution in [0.5, 0.6) is 5.75 Å². The van der Waals surface area contributed by atoms with Crippen molar-refractivity contribution in [1.82, 2.24) is 0 Å². The van der Waals surface area contributed by atoms with Crippen molar-refractivity contribution in [2.45, 2.75) is 90.9 Å². The second kappa shape index (κ2) is 12.8. The van der Waals surface area contributed by atoms with Crippen molar-refractivity contribution in [3.63, 3.8) is 0 Å². The highest BCUT2D eigenvalue weighted by Crippen LogP contribution is 2.29. The van der Waals surface area contributed by atoms with E-state index in [1.165, 1.54) is 44.1 Å². The summed E-state index contributed by atoms with van der Waals surface area (Å²) in [6, 6.07) is 5.56. The number of aromatic carboxylic acids is 1. The molecule has 0 atom stereocenters. The fraction of sp³-hybridized carbons (Fsp3) is 0.682. The van der Waals surface area contributed by atoms with E-state index in [9.17, 15) is 9.90 Å². The van der Waals surface area contributed by atoms with Crippen LogP contribution < -0.4 is 4.74 Å². The van der Waals surface area contributed by atoms with Crippen molar-refractivity contribution in [2.75, 3.05) is 6.61 Å². The topological polar surface area (TPSA) is 46.5 Å². The van der Waals surface area contributed by atoms with Gasteiger partial charge in [0.2, 0.25) is 0 Å². The number of carboxylic acids is 1. The first-order valence-electron chi connectivity index (χ1n) is 10.1. The van der Waals surface area contributed by atoms with Gasteiger partial charge in [-0.3, -0.25) is 0 Å². The van der Waals surface area contributed by atoms with E-state index in [2.05, 4.69) is 20.8 Å². The minimum absolute atomic E-state index is 0.272. The van der Waals surface area contributed by atoms with Gasteiger partial charge >= 0.3 is 5.97 Å². The molecule has 0 bridgehead atoms. The Balaban J connectivity index is 2.47. The molecular weight excluding hydrogens is 312 g/mol. The van der Waals surface area contributed by atoms with E-state index in [4.69, 9.17) is 4.74 Å². The molecule has 0 saturated carbocycles. The summed E-state index contributed by atoms with van der Waals surface area (Å²) < 4.78 is 5.84. The molecule has 1 aromatic rings. The van der Waals surface area contributed by atoms with Crippen LogP contribution in [0.15, 0.2) is 18.2 Å². The summed E-state index contributed by atoms with van der Waals surface area (Å²) in [5.41, 5.74) is 1.45. The van der Waals surface area contributed by atoms with Crippen LogP contribution in [-0.2, 0) is 0 Å². The number of benzene rings is 1. The highest BCUT2D eigenvalue weighted by atomic mass is 16.5. The fourth-order valence-electron chi connectivity index (χ4n) is 3.27. The lowest BCUT2D eigenvalue weighted by Gasteiger charge is -2.16. The third kappa shape index (κ3) is 7.94. The highest BCUT2D eigenvalue weighted by Gasteiger charge is 2.15. The number of rotatable bonds is 14. The highest BCUT2D eigenvalue weighted by molar-refractivity contribution is 5.91. The molecule has 142 valence electrons. The maximum Gasteiger partial charge on any atom is 0.339 e. The SMILES string of the molecule is CCCCCCCCCCOc1cc(C(CC)CC)ccc1C(=O)O. The van der Waals surface area contributed by atoms with Crippen molar-refractivity contribution in [3.05, 3.63) is 29.3 Å². The Morgan fingerprint density at radius 2 is 1.56 bits per heavy atom. The lowest BCUT2D eigenvalue weighted by molar-refractivity contribution is 0.0692. The van der Waals surface area contributed by atoms with E-state index in [-0.39, 0.29) is 5.56 Å². The number of hydrogen-bond acceptors (Lipinski definition) is 2. The van der Waals surface area contributed by atoms with Crippen LogP contribution in [0.25, 0.3) is 0 Å². The van der Waals surface area contributed by atoms with E-state index in [0.29, 0.717) is 18.3 Å². The Morgan fingerprint density at radius 3 is 2.12 bits per heavy atom. The third-order valence-electron chi connectivity index (χ3n) is 4.95. The third-order valence-corrected chi connectivity index (χ3v) is 4.95. The molecule has 3 heteroatoms. The molecule has 0 spiro atoms. The average Bonchev–Trinajstić information content (AvgIpc) is 2.61. The van der Waals surface area contributed by atoms with Crippen LogP contribution in [0, 0.1) is 0 Å². The summed E-state index contributed by atoms with van der Waals surface area (Å²) in [6.45, 7) is 7.17. The molecule has 1 rings (SSSR count). The number of hydrogen-bond donors (Lipinski definition) is 1. The van der Waals surface area contributed by atoms with E-state index >= 15 is 0 Å². The molecule has 0 fully saturated rings. The maximum absolute atomic E-state index is 11.4. The second-order valence-corrected chi connectivity index (χ2v) is 6.90. The van der Waals surface area contributed by atoms with Gasteiger partial charge in [0.25, 0.3) is 0 Å². The smallest absolute Gasteiger partial charge is 0.339 e. The van der Waals surface area contributed by atoms with Crippen LogP contribution in [0.1, 0.15) is 107 Å². The number of carboxylic acid groups (broad SMARTS) is 1. The van der Waals surface area contributed by atoms with Gasteiger partial charge in [-0.1, -0.05) is 71.8 Å². The predicted molar refractivity (Wildman–Crippen MR) is 105 cm³/mol. The molecule has 1 N–H and O–H groups in total. The Morgan fingerprint density at radius 1 is 0.960 bits per heavy atom. The van der Waals surface area contributed by atoms with Gasteiger partial charge in [-0.15, -0.1) is 0 Å². The second-order valence-electron chi connectivity index (χ2n) is 6.90. The lowest BCUT2D eigenvalue weighted by atomic mass is 9.93. The molecule has 0 heterocycles. The summed E-state index contributed by atoms with van der Waals surface area (Å²) in [6.07, 6.45) is 12.1. The van der Waals surface area contributed by atoms with Crippen LogP contribution >= 0.6 is 0 Å². The molecular formula is C22H36O3. The molecule has 0 aliphatic heterocycles. The number of carbonyl (C=O) groups is 1. The van der Waals surface area contributed by atoms with Crippen molar-refractivity contribution in [1.29, 1.82) is 0 Å². The van der Waals surface area contributed by atoms with Crippen LogP contribution in [0.2, 0.25) is 0 Å². The Labute approximate surface area is 153 Å².